The van der Waals surface area contributed by atoms with Crippen LogP contribution in [0.15, 0.2) is 16.5 Å². The van der Waals surface area contributed by atoms with Crippen molar-refractivity contribution in [1.82, 2.24) is 0 Å². The Morgan fingerprint density at radius 3 is 2.64 bits per heavy atom. The van der Waals surface area contributed by atoms with Crippen LogP contribution < -0.4 is 5.73 Å². The van der Waals surface area contributed by atoms with Crippen LogP contribution in [0.5, 0.6) is 0 Å². The van der Waals surface area contributed by atoms with Gasteiger partial charge in [-0.25, -0.2) is 0 Å². The van der Waals surface area contributed by atoms with Crippen molar-refractivity contribution in [2.45, 2.75) is 18.9 Å². The summed E-state index contributed by atoms with van der Waals surface area (Å²) in [5, 5.41) is 0.405. The van der Waals surface area contributed by atoms with Crippen molar-refractivity contribution in [3.8, 4) is 0 Å². The first-order valence-electron chi connectivity index (χ1n) is 4.86. The van der Waals surface area contributed by atoms with E-state index in [-0.39, 0.29) is 6.04 Å². The third-order valence-corrected chi connectivity index (χ3v) is 2.90. The molecule has 78 valence electrons. The van der Waals surface area contributed by atoms with E-state index in [1.54, 1.807) is 6.07 Å². The highest BCUT2D eigenvalue weighted by Crippen LogP contribution is 2.29. The van der Waals surface area contributed by atoms with E-state index < -0.39 is 0 Å². The normalized spacial score (nSPS) is 21.0. The predicted molar refractivity (Wildman–Crippen MR) is 54.2 cm³/mol. The fraction of sp³-hybridized carbons (Fsp3) is 0.600. The van der Waals surface area contributed by atoms with Gasteiger partial charge in [-0.05, 0) is 42.5 Å². The lowest BCUT2D eigenvalue weighted by atomic mass is 9.91. The van der Waals surface area contributed by atoms with Crippen LogP contribution in [0.1, 0.15) is 24.6 Å². The minimum absolute atomic E-state index is 0.0496. The summed E-state index contributed by atoms with van der Waals surface area (Å²) >= 11 is 5.70. The Kier molecular flexibility index (Phi) is 3.11. The number of nitrogens with two attached hydrogens (primary N) is 1. The molecule has 1 atom stereocenters. The van der Waals surface area contributed by atoms with Gasteiger partial charge in [-0.2, -0.15) is 0 Å². The Morgan fingerprint density at radius 2 is 2.07 bits per heavy atom. The standard InChI is InChI=1S/C10H14ClNO2/c11-9-2-1-8(14-9)10(12)7-3-5-13-6-4-7/h1-2,7,10H,3-6,12H2. The van der Waals surface area contributed by atoms with Gasteiger partial charge in [0.1, 0.15) is 5.76 Å². The molecular formula is C10H14ClNO2. The Labute approximate surface area is 88.2 Å². The van der Waals surface area contributed by atoms with Crippen LogP contribution >= 0.6 is 11.6 Å². The van der Waals surface area contributed by atoms with Gasteiger partial charge >= 0.3 is 0 Å². The zero-order valence-electron chi connectivity index (χ0n) is 7.91. The highest BCUT2D eigenvalue weighted by molar-refractivity contribution is 6.28. The molecule has 4 heteroatoms. The first-order chi connectivity index (χ1) is 6.77. The average Bonchev–Trinajstić information content (AvgIpc) is 2.65. The molecule has 1 aliphatic rings. The van der Waals surface area contributed by atoms with Crippen molar-refractivity contribution < 1.29 is 9.15 Å². The van der Waals surface area contributed by atoms with Gasteiger partial charge in [0.25, 0.3) is 0 Å². The third kappa shape index (κ3) is 2.11. The lowest BCUT2D eigenvalue weighted by molar-refractivity contribution is 0.0560. The lowest BCUT2D eigenvalue weighted by Crippen LogP contribution is -2.27. The highest BCUT2D eigenvalue weighted by Gasteiger charge is 2.24. The second kappa shape index (κ2) is 4.34. The van der Waals surface area contributed by atoms with Crippen molar-refractivity contribution in [3.05, 3.63) is 23.1 Å². The van der Waals surface area contributed by atoms with E-state index in [2.05, 4.69) is 0 Å². The molecule has 0 spiro atoms. The zero-order valence-corrected chi connectivity index (χ0v) is 8.67. The molecule has 1 fully saturated rings. The minimum atomic E-state index is -0.0496. The fourth-order valence-electron chi connectivity index (χ4n) is 1.81. The summed E-state index contributed by atoms with van der Waals surface area (Å²) in [5.41, 5.74) is 6.08. The molecule has 0 aromatic carbocycles. The molecule has 14 heavy (non-hydrogen) atoms. The number of hydrogen-bond donors (Lipinski definition) is 1. The molecule has 1 aliphatic heterocycles. The van der Waals surface area contributed by atoms with Crippen LogP contribution in [0.4, 0.5) is 0 Å². The molecule has 3 nitrogen and oxygen atoms in total. The van der Waals surface area contributed by atoms with Crippen LogP contribution in [-0.2, 0) is 4.74 Å². The van der Waals surface area contributed by atoms with Gasteiger partial charge in [0.05, 0.1) is 6.04 Å². The van der Waals surface area contributed by atoms with Crippen LogP contribution in [0.3, 0.4) is 0 Å². The summed E-state index contributed by atoms with van der Waals surface area (Å²) in [4.78, 5) is 0. The van der Waals surface area contributed by atoms with E-state index in [9.17, 15) is 0 Å². The topological polar surface area (TPSA) is 48.4 Å². The third-order valence-electron chi connectivity index (χ3n) is 2.70. The maximum Gasteiger partial charge on any atom is 0.193 e. The van der Waals surface area contributed by atoms with Gasteiger partial charge in [-0.3, -0.25) is 0 Å². The summed E-state index contributed by atoms with van der Waals surface area (Å²) in [5.74, 6) is 1.23. The van der Waals surface area contributed by atoms with Crippen molar-refractivity contribution in [3.63, 3.8) is 0 Å². The van der Waals surface area contributed by atoms with Crippen molar-refractivity contribution in [2.75, 3.05) is 13.2 Å². The number of hydrogen-bond acceptors (Lipinski definition) is 3. The number of rotatable bonds is 2. The minimum Gasteiger partial charge on any atom is -0.448 e. The van der Waals surface area contributed by atoms with Crippen molar-refractivity contribution >= 4 is 11.6 Å². The molecule has 0 saturated carbocycles. The molecule has 1 aromatic rings. The highest BCUT2D eigenvalue weighted by atomic mass is 35.5. The maximum atomic E-state index is 6.08. The van der Waals surface area contributed by atoms with Gasteiger partial charge in [0, 0.05) is 13.2 Å². The van der Waals surface area contributed by atoms with E-state index in [0.717, 1.165) is 31.8 Å². The summed E-state index contributed by atoms with van der Waals surface area (Å²) in [7, 11) is 0. The zero-order chi connectivity index (χ0) is 9.97. The Bertz CT molecular complexity index is 294. The molecule has 0 amide bonds. The predicted octanol–water partition coefficient (Wildman–Crippen LogP) is 2.36. The first kappa shape index (κ1) is 10.0. The Morgan fingerprint density at radius 1 is 1.36 bits per heavy atom. The van der Waals surface area contributed by atoms with Crippen LogP contribution in [0, 0.1) is 5.92 Å². The van der Waals surface area contributed by atoms with E-state index in [4.69, 9.17) is 26.5 Å². The quantitative estimate of drug-likeness (QED) is 0.824. The molecular weight excluding hydrogens is 202 g/mol. The summed E-state index contributed by atoms with van der Waals surface area (Å²) in [6, 6.07) is 3.53. The maximum absolute atomic E-state index is 6.08. The van der Waals surface area contributed by atoms with Gasteiger partial charge < -0.3 is 14.9 Å². The molecule has 0 aliphatic carbocycles. The molecule has 0 radical (unpaired) electrons. The van der Waals surface area contributed by atoms with Gasteiger partial charge in [-0.15, -0.1) is 0 Å². The van der Waals surface area contributed by atoms with Crippen LogP contribution in [-0.4, -0.2) is 13.2 Å². The van der Waals surface area contributed by atoms with Crippen LogP contribution in [0.2, 0.25) is 5.22 Å². The van der Waals surface area contributed by atoms with E-state index >= 15 is 0 Å². The molecule has 0 bridgehead atoms. The van der Waals surface area contributed by atoms with E-state index in [1.165, 1.54) is 0 Å². The van der Waals surface area contributed by atoms with E-state index in [1.807, 2.05) is 6.07 Å². The summed E-state index contributed by atoms with van der Waals surface area (Å²) in [6.45, 7) is 1.60. The van der Waals surface area contributed by atoms with Crippen molar-refractivity contribution in [2.24, 2.45) is 11.7 Å². The molecule has 1 unspecified atom stereocenters. The molecule has 2 rings (SSSR count). The summed E-state index contributed by atoms with van der Waals surface area (Å²) < 4.78 is 10.6. The summed E-state index contributed by atoms with van der Waals surface area (Å²) in [6.07, 6.45) is 2.00. The molecule has 1 saturated heterocycles. The van der Waals surface area contributed by atoms with Gasteiger partial charge in [-0.1, -0.05) is 0 Å². The average molecular weight is 216 g/mol. The largest absolute Gasteiger partial charge is 0.448 e. The smallest absolute Gasteiger partial charge is 0.193 e. The molecule has 1 aromatic heterocycles. The fourth-order valence-corrected chi connectivity index (χ4v) is 1.97. The number of ether oxygens (including phenoxy) is 1. The SMILES string of the molecule is NC(c1ccc(Cl)o1)C1CCOCC1. The monoisotopic (exact) mass is 215 g/mol. The van der Waals surface area contributed by atoms with Crippen molar-refractivity contribution in [1.29, 1.82) is 0 Å². The van der Waals surface area contributed by atoms with Gasteiger partial charge in [0.15, 0.2) is 5.22 Å². The molecule has 2 N–H and O–H groups in total. The second-order valence-corrected chi connectivity index (χ2v) is 3.99. The Balaban J connectivity index is 2.03. The van der Waals surface area contributed by atoms with Gasteiger partial charge in [0.2, 0.25) is 0 Å². The van der Waals surface area contributed by atoms with E-state index in [0.29, 0.717) is 11.1 Å². The number of halogens is 1. The number of furan rings is 1. The lowest BCUT2D eigenvalue weighted by Gasteiger charge is -2.26. The Hall–Kier alpha value is -0.510. The second-order valence-electron chi connectivity index (χ2n) is 3.62. The van der Waals surface area contributed by atoms with Crippen LogP contribution in [0.25, 0.3) is 0 Å². The first-order valence-corrected chi connectivity index (χ1v) is 5.24. The molecule has 2 heterocycles.